The van der Waals surface area contributed by atoms with Gasteiger partial charge in [-0.2, -0.15) is 0 Å². The van der Waals surface area contributed by atoms with E-state index in [0.29, 0.717) is 0 Å². The summed E-state index contributed by atoms with van der Waals surface area (Å²) in [5, 5.41) is 13.0. The molecular formula is C27H36BNO6. The molecule has 188 valence electrons. The first kappa shape index (κ1) is 26.8. The second kappa shape index (κ2) is 9.67. The molecule has 1 aliphatic rings. The van der Waals surface area contributed by atoms with Gasteiger partial charge in [-0.25, -0.2) is 9.59 Å². The Labute approximate surface area is 208 Å². The van der Waals surface area contributed by atoms with Crippen LogP contribution in [0.4, 0.5) is 4.79 Å². The average molecular weight is 481 g/mol. The number of ether oxygens (including phenoxy) is 1. The van der Waals surface area contributed by atoms with Gasteiger partial charge >= 0.3 is 19.2 Å². The van der Waals surface area contributed by atoms with Gasteiger partial charge in [0.25, 0.3) is 0 Å². The number of carbonyl (C=O) groups is 2. The Balaban J connectivity index is 1.88. The topological polar surface area (TPSA) is 94.1 Å². The predicted molar refractivity (Wildman–Crippen MR) is 136 cm³/mol. The summed E-state index contributed by atoms with van der Waals surface area (Å²) < 4.78 is 17.6. The highest BCUT2D eigenvalue weighted by molar-refractivity contribution is 6.62. The van der Waals surface area contributed by atoms with Crippen molar-refractivity contribution in [2.24, 2.45) is 0 Å². The van der Waals surface area contributed by atoms with Crippen LogP contribution < -0.4 is 10.8 Å². The van der Waals surface area contributed by atoms with E-state index in [9.17, 15) is 14.7 Å². The number of nitrogens with one attached hydrogen (secondary N) is 1. The zero-order valence-electron chi connectivity index (χ0n) is 21.7. The lowest BCUT2D eigenvalue weighted by Crippen LogP contribution is -2.58. The Bertz CT molecular complexity index is 1030. The van der Waals surface area contributed by atoms with Crippen LogP contribution in [-0.4, -0.2) is 46.6 Å². The zero-order valence-corrected chi connectivity index (χ0v) is 21.7. The molecule has 0 saturated carbocycles. The van der Waals surface area contributed by atoms with Gasteiger partial charge in [0.05, 0.1) is 11.2 Å². The first-order valence-corrected chi connectivity index (χ1v) is 11.9. The number of benzene rings is 2. The normalized spacial score (nSPS) is 18.5. The van der Waals surface area contributed by atoms with Gasteiger partial charge in [-0.1, -0.05) is 54.6 Å². The largest absolute Gasteiger partial charge is 0.494 e. The Morgan fingerprint density at radius 3 is 1.83 bits per heavy atom. The molecule has 7 nitrogen and oxygen atoms in total. The van der Waals surface area contributed by atoms with E-state index < -0.39 is 41.5 Å². The summed E-state index contributed by atoms with van der Waals surface area (Å²) in [5.41, 5.74) is -0.888. The Hall–Kier alpha value is -2.84. The smallest absolute Gasteiger partial charge is 0.479 e. The van der Waals surface area contributed by atoms with Crippen LogP contribution in [-0.2, 0) is 31.7 Å². The standard InChI is InChI=1S/C27H36BNO6/c1-24(2,3)33-23(32)29-27(22(30)31,17-19-11-9-8-10-12-19)18-20-13-15-21(16-14-20)28-34-25(4,5)26(6,7)35-28/h8-16H,17-18H2,1-7H3,(H,29,32)(H,30,31)/t27-/m0/s1. The van der Waals surface area contributed by atoms with Crippen molar-refractivity contribution in [3.8, 4) is 0 Å². The van der Waals surface area contributed by atoms with Gasteiger partial charge < -0.3 is 24.5 Å². The first-order chi connectivity index (χ1) is 16.1. The molecule has 0 aromatic heterocycles. The minimum absolute atomic E-state index is 0.0696. The van der Waals surface area contributed by atoms with Crippen LogP contribution in [0.1, 0.15) is 59.6 Å². The summed E-state index contributed by atoms with van der Waals surface area (Å²) in [7, 11) is -0.512. The number of rotatable bonds is 7. The summed E-state index contributed by atoms with van der Waals surface area (Å²) in [4.78, 5) is 25.3. The van der Waals surface area contributed by atoms with Crippen molar-refractivity contribution in [2.45, 2.75) is 83.6 Å². The Morgan fingerprint density at radius 2 is 1.37 bits per heavy atom. The molecule has 0 aliphatic carbocycles. The second-order valence-corrected chi connectivity index (χ2v) is 11.2. The molecule has 35 heavy (non-hydrogen) atoms. The molecule has 0 spiro atoms. The number of aliphatic carboxylic acids is 1. The molecule has 0 radical (unpaired) electrons. The van der Waals surface area contributed by atoms with Crippen LogP contribution in [0.5, 0.6) is 0 Å². The van der Waals surface area contributed by atoms with Crippen LogP contribution in [0.2, 0.25) is 0 Å². The number of amides is 1. The molecular weight excluding hydrogens is 445 g/mol. The molecule has 3 rings (SSSR count). The highest BCUT2D eigenvalue weighted by Gasteiger charge is 2.51. The molecule has 1 atom stereocenters. The van der Waals surface area contributed by atoms with Gasteiger partial charge in [-0.15, -0.1) is 0 Å². The fourth-order valence-electron chi connectivity index (χ4n) is 3.92. The monoisotopic (exact) mass is 481 g/mol. The Morgan fingerprint density at radius 1 is 0.886 bits per heavy atom. The van der Waals surface area contributed by atoms with Crippen LogP contribution in [0.25, 0.3) is 0 Å². The van der Waals surface area contributed by atoms with Crippen LogP contribution in [0.15, 0.2) is 54.6 Å². The van der Waals surface area contributed by atoms with E-state index in [1.54, 1.807) is 20.8 Å². The van der Waals surface area contributed by atoms with Crippen molar-refractivity contribution in [2.75, 3.05) is 0 Å². The third kappa shape index (κ3) is 6.44. The van der Waals surface area contributed by atoms with Gasteiger partial charge in [0.1, 0.15) is 11.1 Å². The summed E-state index contributed by atoms with van der Waals surface area (Å²) >= 11 is 0. The highest BCUT2D eigenvalue weighted by Crippen LogP contribution is 2.36. The van der Waals surface area contributed by atoms with E-state index in [4.69, 9.17) is 14.0 Å². The van der Waals surface area contributed by atoms with Crippen molar-refractivity contribution < 1.29 is 28.7 Å². The molecule has 2 aromatic rings. The van der Waals surface area contributed by atoms with E-state index in [-0.39, 0.29) is 12.8 Å². The van der Waals surface area contributed by atoms with Crippen molar-refractivity contribution in [1.82, 2.24) is 5.32 Å². The van der Waals surface area contributed by atoms with Crippen molar-refractivity contribution in [1.29, 1.82) is 0 Å². The predicted octanol–water partition coefficient (Wildman–Crippen LogP) is 4.12. The van der Waals surface area contributed by atoms with E-state index in [1.165, 1.54) is 0 Å². The van der Waals surface area contributed by atoms with Gasteiger partial charge in [0.15, 0.2) is 0 Å². The van der Waals surface area contributed by atoms with E-state index in [1.807, 2.05) is 82.3 Å². The molecule has 0 unspecified atom stereocenters. The lowest BCUT2D eigenvalue weighted by molar-refractivity contribution is -0.144. The molecule has 1 heterocycles. The van der Waals surface area contributed by atoms with E-state index in [2.05, 4.69) is 5.32 Å². The number of alkyl carbamates (subject to hydrolysis) is 1. The fourth-order valence-corrected chi connectivity index (χ4v) is 3.92. The number of carbonyl (C=O) groups excluding carboxylic acids is 1. The SMILES string of the molecule is CC(C)(C)OC(=O)N[C@@](Cc1ccccc1)(Cc1ccc(B2OC(C)(C)C(C)(C)O2)cc1)C(=O)O. The van der Waals surface area contributed by atoms with E-state index in [0.717, 1.165) is 16.6 Å². The molecule has 1 saturated heterocycles. The maximum atomic E-state index is 12.7. The molecule has 0 bridgehead atoms. The number of hydrogen-bond donors (Lipinski definition) is 2. The summed E-state index contributed by atoms with van der Waals surface area (Å²) in [6, 6.07) is 16.7. The minimum Gasteiger partial charge on any atom is -0.479 e. The molecule has 8 heteroatoms. The molecule has 1 amide bonds. The van der Waals surface area contributed by atoms with Crippen molar-refractivity contribution in [3.63, 3.8) is 0 Å². The second-order valence-electron chi connectivity index (χ2n) is 11.2. The Kier molecular flexibility index (Phi) is 7.39. The first-order valence-electron chi connectivity index (χ1n) is 11.9. The molecule has 1 fully saturated rings. The summed E-state index contributed by atoms with van der Waals surface area (Å²) in [5.74, 6) is -1.14. The summed E-state index contributed by atoms with van der Waals surface area (Å²) in [6.07, 6.45) is -0.605. The number of carboxylic acid groups (broad SMARTS) is 1. The van der Waals surface area contributed by atoms with Crippen LogP contribution >= 0.6 is 0 Å². The molecule has 2 aromatic carbocycles. The maximum Gasteiger partial charge on any atom is 0.494 e. The van der Waals surface area contributed by atoms with Crippen molar-refractivity contribution >= 4 is 24.6 Å². The van der Waals surface area contributed by atoms with Gasteiger partial charge in [0, 0.05) is 12.8 Å². The number of hydrogen-bond acceptors (Lipinski definition) is 5. The molecule has 1 aliphatic heterocycles. The minimum atomic E-state index is -1.60. The third-order valence-electron chi connectivity index (χ3n) is 6.51. The lowest BCUT2D eigenvalue weighted by atomic mass is 9.77. The fraction of sp³-hybridized carbons (Fsp3) is 0.481. The zero-order chi connectivity index (χ0) is 26.1. The molecule has 2 N–H and O–H groups in total. The van der Waals surface area contributed by atoms with Gasteiger partial charge in [0.2, 0.25) is 0 Å². The third-order valence-corrected chi connectivity index (χ3v) is 6.51. The number of carboxylic acids is 1. The van der Waals surface area contributed by atoms with E-state index >= 15 is 0 Å². The van der Waals surface area contributed by atoms with Crippen molar-refractivity contribution in [3.05, 3.63) is 65.7 Å². The van der Waals surface area contributed by atoms with Gasteiger partial charge in [-0.05, 0) is 65.1 Å². The van der Waals surface area contributed by atoms with Gasteiger partial charge in [-0.3, -0.25) is 0 Å². The quantitative estimate of drug-likeness (QED) is 0.578. The summed E-state index contributed by atoms with van der Waals surface area (Å²) in [6.45, 7) is 13.2. The maximum absolute atomic E-state index is 12.7. The van der Waals surface area contributed by atoms with Crippen LogP contribution in [0.3, 0.4) is 0 Å². The average Bonchev–Trinajstić information content (AvgIpc) is 2.94. The lowest BCUT2D eigenvalue weighted by Gasteiger charge is -2.32. The highest BCUT2D eigenvalue weighted by atomic mass is 16.7. The van der Waals surface area contributed by atoms with Crippen LogP contribution in [0, 0.1) is 0 Å².